The Morgan fingerprint density at radius 2 is 2.14 bits per heavy atom. The molecule has 0 spiro atoms. The lowest BCUT2D eigenvalue weighted by Crippen LogP contribution is -2.27. The lowest BCUT2D eigenvalue weighted by Gasteiger charge is -2.09. The third kappa shape index (κ3) is 1.70. The predicted molar refractivity (Wildman–Crippen MR) is 51.1 cm³/mol. The zero-order chi connectivity index (χ0) is 10.1. The van der Waals surface area contributed by atoms with Crippen LogP contribution in [0.1, 0.15) is 12.0 Å². The van der Waals surface area contributed by atoms with Gasteiger partial charge in [0.05, 0.1) is 5.69 Å². The van der Waals surface area contributed by atoms with Crippen molar-refractivity contribution in [2.45, 2.75) is 18.9 Å². The van der Waals surface area contributed by atoms with Crippen LogP contribution in [-0.2, 0) is 6.42 Å². The summed E-state index contributed by atoms with van der Waals surface area (Å²) in [4.78, 5) is 0. The van der Waals surface area contributed by atoms with Gasteiger partial charge in [0.15, 0.2) is 0 Å². The molecule has 2 rings (SSSR count). The fourth-order valence-corrected chi connectivity index (χ4v) is 1.70. The molecule has 4 heteroatoms. The number of hydrogen-bond donors (Lipinski definition) is 2. The molecule has 1 heterocycles. The Morgan fingerprint density at radius 3 is 2.93 bits per heavy atom. The van der Waals surface area contributed by atoms with Gasteiger partial charge in [-0.1, -0.05) is 0 Å². The Labute approximate surface area is 81.1 Å². The molecule has 1 atom stereocenters. The highest BCUT2D eigenvalue weighted by Crippen LogP contribution is 2.25. The van der Waals surface area contributed by atoms with Crippen LogP contribution in [0.4, 0.5) is 14.5 Å². The fourth-order valence-electron chi connectivity index (χ4n) is 1.70. The molecule has 76 valence electrons. The van der Waals surface area contributed by atoms with E-state index in [1.54, 1.807) is 0 Å². The molecule has 0 saturated carbocycles. The summed E-state index contributed by atoms with van der Waals surface area (Å²) in [5.41, 5.74) is 6.80. The molecule has 0 amide bonds. The van der Waals surface area contributed by atoms with Gasteiger partial charge in [-0.3, -0.25) is 0 Å². The molecule has 0 aromatic heterocycles. The number of nitrogens with one attached hydrogen (secondary N) is 1. The summed E-state index contributed by atoms with van der Waals surface area (Å²) in [7, 11) is 0. The maximum atomic E-state index is 13.3. The third-order valence-corrected chi connectivity index (χ3v) is 2.46. The number of aryl methyl sites for hydroxylation is 1. The number of hydrogen-bond acceptors (Lipinski definition) is 2. The van der Waals surface area contributed by atoms with Crippen molar-refractivity contribution in [3.63, 3.8) is 0 Å². The minimum atomic E-state index is -0.533. The van der Waals surface area contributed by atoms with E-state index in [0.29, 0.717) is 24.2 Å². The second-order valence-electron chi connectivity index (χ2n) is 3.60. The quantitative estimate of drug-likeness (QED) is 0.665. The largest absolute Gasteiger partial charge is 0.381 e. The molecule has 1 aromatic rings. The van der Waals surface area contributed by atoms with E-state index in [1.165, 1.54) is 6.07 Å². The average molecular weight is 198 g/mol. The summed E-state index contributed by atoms with van der Waals surface area (Å²) >= 11 is 0. The molecule has 0 aliphatic carbocycles. The maximum absolute atomic E-state index is 13.3. The van der Waals surface area contributed by atoms with Gasteiger partial charge in [-0.05, 0) is 24.5 Å². The predicted octanol–water partition coefficient (Wildman–Crippen LogP) is 1.65. The third-order valence-electron chi connectivity index (χ3n) is 2.46. The van der Waals surface area contributed by atoms with Gasteiger partial charge in [-0.25, -0.2) is 8.78 Å². The maximum Gasteiger partial charge on any atom is 0.149 e. The van der Waals surface area contributed by atoms with Crippen molar-refractivity contribution in [3.05, 3.63) is 29.3 Å². The fraction of sp³-hybridized carbons (Fsp3) is 0.400. The summed E-state index contributed by atoms with van der Waals surface area (Å²) < 4.78 is 26.2. The first-order chi connectivity index (χ1) is 6.66. The van der Waals surface area contributed by atoms with Crippen molar-refractivity contribution in [1.29, 1.82) is 0 Å². The highest BCUT2D eigenvalue weighted by Gasteiger charge is 2.16. The first-order valence-electron chi connectivity index (χ1n) is 4.64. The molecular formula is C10H12F2N2. The average Bonchev–Trinajstić information content (AvgIpc) is 2.28. The van der Waals surface area contributed by atoms with Crippen molar-refractivity contribution in [2.75, 3.05) is 11.9 Å². The van der Waals surface area contributed by atoms with Crippen molar-refractivity contribution in [3.8, 4) is 0 Å². The molecule has 0 unspecified atom stereocenters. The number of anilines is 1. The number of halogens is 2. The smallest absolute Gasteiger partial charge is 0.149 e. The normalized spacial score (nSPS) is 20.9. The molecule has 1 aliphatic heterocycles. The summed E-state index contributed by atoms with van der Waals surface area (Å²) in [6.07, 6.45) is 1.38. The van der Waals surface area contributed by atoms with E-state index in [4.69, 9.17) is 5.73 Å². The van der Waals surface area contributed by atoms with Crippen LogP contribution in [0, 0.1) is 11.6 Å². The van der Waals surface area contributed by atoms with Gasteiger partial charge in [-0.15, -0.1) is 0 Å². The van der Waals surface area contributed by atoms with Gasteiger partial charge >= 0.3 is 0 Å². The van der Waals surface area contributed by atoms with Crippen molar-refractivity contribution in [2.24, 2.45) is 5.73 Å². The zero-order valence-corrected chi connectivity index (χ0v) is 7.69. The van der Waals surface area contributed by atoms with E-state index in [2.05, 4.69) is 5.32 Å². The van der Waals surface area contributed by atoms with Crippen LogP contribution in [0.5, 0.6) is 0 Å². The van der Waals surface area contributed by atoms with Gasteiger partial charge in [0, 0.05) is 18.7 Å². The van der Waals surface area contributed by atoms with Gasteiger partial charge in [-0.2, -0.15) is 0 Å². The van der Waals surface area contributed by atoms with Crippen molar-refractivity contribution in [1.82, 2.24) is 0 Å². The van der Waals surface area contributed by atoms with Gasteiger partial charge in [0.1, 0.15) is 11.6 Å². The minimum absolute atomic E-state index is 0.00450. The lowest BCUT2D eigenvalue weighted by atomic mass is 10.1. The summed E-state index contributed by atoms with van der Waals surface area (Å²) in [6, 6.07) is 2.26. The molecular weight excluding hydrogens is 186 g/mol. The Hall–Kier alpha value is -1.16. The van der Waals surface area contributed by atoms with E-state index >= 15 is 0 Å². The van der Waals surface area contributed by atoms with Crippen LogP contribution in [0.15, 0.2) is 12.1 Å². The topological polar surface area (TPSA) is 38.0 Å². The Balaban J connectivity index is 2.40. The van der Waals surface area contributed by atoms with Crippen LogP contribution < -0.4 is 11.1 Å². The van der Waals surface area contributed by atoms with E-state index in [0.717, 1.165) is 12.5 Å². The zero-order valence-electron chi connectivity index (χ0n) is 7.69. The number of nitrogens with two attached hydrogens (primary N) is 1. The van der Waals surface area contributed by atoms with Crippen LogP contribution in [0.25, 0.3) is 0 Å². The van der Waals surface area contributed by atoms with Crippen molar-refractivity contribution < 1.29 is 8.78 Å². The van der Waals surface area contributed by atoms with Crippen LogP contribution in [0.3, 0.4) is 0 Å². The molecule has 0 bridgehead atoms. The second-order valence-corrected chi connectivity index (χ2v) is 3.60. The number of benzene rings is 1. The Kier molecular flexibility index (Phi) is 2.37. The SMILES string of the molecule is N[C@H]1CCc2cc(F)cc(F)c2NC1. The number of rotatable bonds is 0. The molecule has 3 N–H and O–H groups in total. The standard InChI is InChI=1S/C10H12F2N2/c11-7-3-6-1-2-8(13)5-14-10(6)9(12)4-7/h3-4,8,14H,1-2,5,13H2/t8-/m0/s1. The van der Waals surface area contributed by atoms with Gasteiger partial charge in [0.2, 0.25) is 0 Å². The minimum Gasteiger partial charge on any atom is -0.381 e. The van der Waals surface area contributed by atoms with Gasteiger partial charge in [0.25, 0.3) is 0 Å². The Morgan fingerprint density at radius 1 is 1.36 bits per heavy atom. The molecule has 2 nitrogen and oxygen atoms in total. The molecule has 14 heavy (non-hydrogen) atoms. The van der Waals surface area contributed by atoms with Crippen LogP contribution >= 0.6 is 0 Å². The van der Waals surface area contributed by atoms with Crippen molar-refractivity contribution >= 4 is 5.69 Å². The molecule has 1 aliphatic rings. The summed E-state index contributed by atoms with van der Waals surface area (Å²) in [5, 5.41) is 2.90. The molecule has 1 aromatic carbocycles. The molecule has 0 fully saturated rings. The number of fused-ring (bicyclic) bond motifs is 1. The highest BCUT2D eigenvalue weighted by molar-refractivity contribution is 5.53. The monoisotopic (exact) mass is 198 g/mol. The van der Waals surface area contributed by atoms with Crippen LogP contribution in [0.2, 0.25) is 0 Å². The van der Waals surface area contributed by atoms with E-state index in [-0.39, 0.29) is 6.04 Å². The van der Waals surface area contributed by atoms with Crippen LogP contribution in [-0.4, -0.2) is 12.6 Å². The molecule has 0 radical (unpaired) electrons. The highest BCUT2D eigenvalue weighted by atomic mass is 19.1. The van der Waals surface area contributed by atoms with E-state index in [9.17, 15) is 8.78 Å². The lowest BCUT2D eigenvalue weighted by molar-refractivity contribution is 0.582. The summed E-state index contributed by atoms with van der Waals surface area (Å²) in [5.74, 6) is -1.06. The Bertz CT molecular complexity index is 352. The van der Waals surface area contributed by atoms with Gasteiger partial charge < -0.3 is 11.1 Å². The van der Waals surface area contributed by atoms with E-state index in [1.807, 2.05) is 0 Å². The first kappa shape index (κ1) is 9.40. The van der Waals surface area contributed by atoms with E-state index < -0.39 is 11.6 Å². The second kappa shape index (κ2) is 3.53. The summed E-state index contributed by atoms with van der Waals surface area (Å²) in [6.45, 7) is 0.537. The molecule has 0 saturated heterocycles. The first-order valence-corrected chi connectivity index (χ1v) is 4.64.